The van der Waals surface area contributed by atoms with E-state index in [1.54, 1.807) is 11.3 Å². The molecule has 1 aliphatic rings. The molecule has 0 saturated heterocycles. The molecule has 35 heavy (non-hydrogen) atoms. The summed E-state index contributed by atoms with van der Waals surface area (Å²) >= 11 is 1.80. The van der Waals surface area contributed by atoms with Gasteiger partial charge in [-0.05, 0) is 79.6 Å². The van der Waals surface area contributed by atoms with Gasteiger partial charge in [-0.15, -0.1) is 11.3 Å². The summed E-state index contributed by atoms with van der Waals surface area (Å²) in [4.78, 5) is 8.54. The molecule has 190 valence electrons. The van der Waals surface area contributed by atoms with Crippen LogP contribution in [0, 0.1) is 17.3 Å². The summed E-state index contributed by atoms with van der Waals surface area (Å²) in [5, 5.41) is 4.53. The fraction of sp³-hybridized carbons (Fsp3) is 0.516. The van der Waals surface area contributed by atoms with E-state index in [1.807, 2.05) is 0 Å². The predicted molar refractivity (Wildman–Crippen MR) is 156 cm³/mol. The molecule has 0 amide bonds. The van der Waals surface area contributed by atoms with Gasteiger partial charge in [0.25, 0.3) is 0 Å². The highest BCUT2D eigenvalue weighted by Gasteiger charge is 2.34. The Morgan fingerprint density at radius 2 is 1.77 bits per heavy atom. The van der Waals surface area contributed by atoms with E-state index in [0.717, 1.165) is 24.5 Å². The number of anilines is 1. The van der Waals surface area contributed by atoms with Crippen LogP contribution in [0.3, 0.4) is 0 Å². The second-order valence-corrected chi connectivity index (χ2v) is 11.9. The summed E-state index contributed by atoms with van der Waals surface area (Å²) in [6, 6.07) is 8.99. The van der Waals surface area contributed by atoms with Crippen molar-refractivity contribution in [3.05, 3.63) is 64.7 Å². The molecule has 1 heterocycles. The van der Waals surface area contributed by atoms with Crippen LogP contribution in [0.15, 0.2) is 59.8 Å². The minimum atomic E-state index is 0.174. The van der Waals surface area contributed by atoms with Crippen molar-refractivity contribution in [2.75, 3.05) is 25.5 Å². The zero-order valence-electron chi connectivity index (χ0n) is 23.3. The van der Waals surface area contributed by atoms with Gasteiger partial charge in [0.05, 0.1) is 4.88 Å². The zero-order valence-corrected chi connectivity index (χ0v) is 24.1. The highest BCUT2D eigenvalue weighted by Crippen LogP contribution is 2.46. The van der Waals surface area contributed by atoms with Crippen molar-refractivity contribution >= 4 is 22.6 Å². The Morgan fingerprint density at radius 1 is 1.09 bits per heavy atom. The topological polar surface area (TPSA) is 28.2 Å². The average Bonchev–Trinajstić information content (AvgIpc) is 3.26. The second-order valence-electron chi connectivity index (χ2n) is 10.9. The van der Waals surface area contributed by atoms with Crippen LogP contribution in [-0.4, -0.2) is 36.1 Å². The Kier molecular flexibility index (Phi) is 9.17. The first-order valence-electron chi connectivity index (χ1n) is 13.2. The van der Waals surface area contributed by atoms with Crippen molar-refractivity contribution in [2.24, 2.45) is 17.3 Å². The number of aromatic nitrogens is 1. The molecular formula is C31H45N3S. The Balaban J connectivity index is 2.02. The van der Waals surface area contributed by atoms with Crippen LogP contribution in [-0.2, 0) is 0 Å². The molecule has 1 N–H and O–H groups in total. The van der Waals surface area contributed by atoms with Crippen LogP contribution in [0.4, 0.5) is 5.69 Å². The van der Waals surface area contributed by atoms with E-state index in [2.05, 4.69) is 121 Å². The number of allylic oxidation sites excluding steroid dienone is 4. The molecule has 3 rings (SSSR count). The molecule has 2 unspecified atom stereocenters. The molecule has 4 heteroatoms. The molecule has 0 spiro atoms. The number of likely N-dealkylation sites (N-methyl/N-ethyl adjacent to an activating group) is 1. The van der Waals surface area contributed by atoms with E-state index in [4.69, 9.17) is 4.98 Å². The fourth-order valence-electron chi connectivity index (χ4n) is 4.51. The Hall–Kier alpha value is -2.17. The molecule has 1 aromatic carbocycles. The number of benzene rings is 1. The van der Waals surface area contributed by atoms with Gasteiger partial charge in [0.15, 0.2) is 0 Å². The molecule has 2 aromatic rings. The number of rotatable bonds is 10. The summed E-state index contributed by atoms with van der Waals surface area (Å²) < 4.78 is 0. The minimum absolute atomic E-state index is 0.174. The number of hydrogen-bond donors (Lipinski definition) is 1. The maximum Gasteiger partial charge on any atom is 0.123 e. The lowest BCUT2D eigenvalue weighted by atomic mass is 9.67. The number of nitrogens with zero attached hydrogens (tertiary/aromatic N) is 2. The molecular weight excluding hydrogens is 446 g/mol. The van der Waals surface area contributed by atoms with Gasteiger partial charge < -0.3 is 5.32 Å². The minimum Gasteiger partial charge on any atom is -0.385 e. The smallest absolute Gasteiger partial charge is 0.123 e. The summed E-state index contributed by atoms with van der Waals surface area (Å²) in [7, 11) is 2.23. The van der Waals surface area contributed by atoms with E-state index in [-0.39, 0.29) is 5.41 Å². The van der Waals surface area contributed by atoms with Crippen LogP contribution < -0.4 is 5.32 Å². The first kappa shape index (κ1) is 27.4. The second kappa shape index (κ2) is 11.7. The first-order valence-corrected chi connectivity index (χ1v) is 14.0. The van der Waals surface area contributed by atoms with Gasteiger partial charge in [0.1, 0.15) is 5.01 Å². The van der Waals surface area contributed by atoms with E-state index < -0.39 is 0 Å². The van der Waals surface area contributed by atoms with Crippen LogP contribution in [0.1, 0.15) is 66.7 Å². The average molecular weight is 492 g/mol. The van der Waals surface area contributed by atoms with Crippen molar-refractivity contribution < 1.29 is 0 Å². The summed E-state index contributed by atoms with van der Waals surface area (Å²) in [5.41, 5.74) is 6.66. The van der Waals surface area contributed by atoms with Gasteiger partial charge in [-0.1, -0.05) is 72.3 Å². The number of nitrogens with one attached hydrogen (secondary N) is 1. The Bertz CT molecular complexity index is 1070. The highest BCUT2D eigenvalue weighted by molar-refractivity contribution is 7.16. The van der Waals surface area contributed by atoms with E-state index in [9.17, 15) is 0 Å². The van der Waals surface area contributed by atoms with Gasteiger partial charge in [-0.25, -0.2) is 4.98 Å². The van der Waals surface area contributed by atoms with Crippen molar-refractivity contribution in [1.82, 2.24) is 9.88 Å². The summed E-state index contributed by atoms with van der Waals surface area (Å²) in [6.45, 7) is 20.6. The molecule has 3 nitrogen and oxygen atoms in total. The molecule has 0 radical (unpaired) electrons. The molecule has 2 atom stereocenters. The van der Waals surface area contributed by atoms with Crippen molar-refractivity contribution in [3.8, 4) is 10.6 Å². The van der Waals surface area contributed by atoms with Crippen LogP contribution in [0.5, 0.6) is 0 Å². The van der Waals surface area contributed by atoms with Crippen LogP contribution >= 0.6 is 11.3 Å². The third kappa shape index (κ3) is 6.16. The highest BCUT2D eigenvalue weighted by atomic mass is 32.1. The molecule has 0 fully saturated rings. The van der Waals surface area contributed by atoms with E-state index >= 15 is 0 Å². The third-order valence-electron chi connectivity index (χ3n) is 8.15. The first-order chi connectivity index (χ1) is 16.6. The van der Waals surface area contributed by atoms with Gasteiger partial charge in [0, 0.05) is 30.0 Å². The van der Waals surface area contributed by atoms with Crippen molar-refractivity contribution in [3.63, 3.8) is 0 Å². The van der Waals surface area contributed by atoms with E-state index in [0.29, 0.717) is 17.9 Å². The maximum absolute atomic E-state index is 4.86. The summed E-state index contributed by atoms with van der Waals surface area (Å²) in [5.74, 6) is 0.992. The third-order valence-corrected chi connectivity index (χ3v) is 9.23. The molecule has 1 aromatic heterocycles. The molecule has 0 bridgehead atoms. The van der Waals surface area contributed by atoms with Crippen molar-refractivity contribution in [1.29, 1.82) is 0 Å². The monoisotopic (exact) mass is 491 g/mol. The normalized spacial score (nSPS) is 17.7. The Labute approximate surface area is 218 Å². The lowest BCUT2D eigenvalue weighted by Crippen LogP contribution is -2.33. The van der Waals surface area contributed by atoms with E-state index in [1.165, 1.54) is 32.8 Å². The lowest BCUT2D eigenvalue weighted by molar-refractivity contribution is 0.179. The standard InChI is InChI=1S/C31H45N3S/c1-10-18-32-25-15-13-24(14-16-25)30-33-20-29(35-30)26-17-12-22(5)28(34(9)11-2)19-27(26)23(6)31(7,8)21(3)4/h12-17,19-21,23,28,32H,10-11,18H2,1-9H3. The van der Waals surface area contributed by atoms with Crippen LogP contribution in [0.2, 0.25) is 0 Å². The van der Waals surface area contributed by atoms with Gasteiger partial charge in [-0.2, -0.15) is 0 Å². The van der Waals surface area contributed by atoms with Crippen LogP contribution in [0.25, 0.3) is 16.1 Å². The largest absolute Gasteiger partial charge is 0.385 e. The van der Waals surface area contributed by atoms with Crippen molar-refractivity contribution in [2.45, 2.75) is 67.9 Å². The summed E-state index contributed by atoms with van der Waals surface area (Å²) in [6.07, 6.45) is 10.4. The molecule has 0 aliphatic heterocycles. The quantitative estimate of drug-likeness (QED) is 0.361. The molecule has 1 aliphatic carbocycles. The number of hydrogen-bond acceptors (Lipinski definition) is 4. The maximum atomic E-state index is 4.86. The number of thiazole rings is 1. The van der Waals surface area contributed by atoms with Gasteiger partial charge in [0.2, 0.25) is 0 Å². The SMILES string of the molecule is CCCNc1ccc(-c2ncc(C3=CC=C(C)C(N(C)CC)C=C3C(C)C(C)(C)C(C)C)s2)cc1. The predicted octanol–water partition coefficient (Wildman–Crippen LogP) is 8.54. The zero-order chi connectivity index (χ0) is 25.8. The van der Waals surface area contributed by atoms with Gasteiger partial charge in [-0.3, -0.25) is 4.90 Å². The lowest BCUT2D eigenvalue weighted by Gasteiger charge is -2.38. The van der Waals surface area contributed by atoms with Gasteiger partial charge >= 0.3 is 0 Å². The molecule has 0 saturated carbocycles. The fourth-order valence-corrected chi connectivity index (χ4v) is 5.48. The Morgan fingerprint density at radius 3 is 2.37 bits per heavy atom.